The molecule has 0 saturated carbocycles. The van der Waals surface area contributed by atoms with Crippen LogP contribution in [0.2, 0.25) is 0 Å². The minimum atomic E-state index is -3.71. The molecule has 2 aliphatic heterocycles. The molecule has 2 aromatic carbocycles. The number of ether oxygens (including phenoxy) is 3. The van der Waals surface area contributed by atoms with Crippen LogP contribution in [0, 0.1) is 12.3 Å². The molecule has 12 heteroatoms. The predicted molar refractivity (Wildman–Crippen MR) is 140 cm³/mol. The summed E-state index contributed by atoms with van der Waals surface area (Å²) in [5.74, 6) is 0.503. The van der Waals surface area contributed by atoms with E-state index in [1.807, 2.05) is 31.2 Å². The summed E-state index contributed by atoms with van der Waals surface area (Å²) in [6.07, 6.45) is 1.46. The van der Waals surface area contributed by atoms with Crippen LogP contribution in [0.4, 0.5) is 0 Å². The van der Waals surface area contributed by atoms with E-state index in [-0.39, 0.29) is 34.1 Å². The highest BCUT2D eigenvalue weighted by Gasteiger charge is 2.42. The van der Waals surface area contributed by atoms with Gasteiger partial charge in [-0.3, -0.25) is 10.2 Å². The van der Waals surface area contributed by atoms with Gasteiger partial charge < -0.3 is 14.2 Å². The maximum Gasteiger partial charge on any atom is 0.283 e. The molecule has 2 aromatic rings. The predicted octanol–water partition coefficient (Wildman–Crippen LogP) is 3.47. The van der Waals surface area contributed by atoms with E-state index in [0.717, 1.165) is 28.2 Å². The second kappa shape index (κ2) is 10.5. The minimum absolute atomic E-state index is 0.0448. The number of amides is 1. The Bertz CT molecular complexity index is 1400. The number of hydrogen-bond acceptors (Lipinski definition) is 9. The van der Waals surface area contributed by atoms with Crippen molar-refractivity contribution in [2.75, 3.05) is 26.1 Å². The summed E-state index contributed by atoms with van der Waals surface area (Å²) < 4.78 is 45.6. The molecule has 10 nitrogen and oxygen atoms in total. The number of rotatable bonds is 8. The number of nitrogens with zero attached hydrogens (tertiary/aromatic N) is 3. The molecule has 0 aromatic heterocycles. The smallest absolute Gasteiger partial charge is 0.283 e. The van der Waals surface area contributed by atoms with Crippen molar-refractivity contribution < 1.29 is 27.4 Å². The maximum absolute atomic E-state index is 12.6. The van der Waals surface area contributed by atoms with Crippen molar-refractivity contribution in [3.63, 3.8) is 0 Å². The van der Waals surface area contributed by atoms with Crippen molar-refractivity contribution >= 4 is 49.9 Å². The van der Waals surface area contributed by atoms with E-state index in [1.165, 1.54) is 20.1 Å². The number of methoxy groups -OCH3 is 1. The number of hydrogen-bond donors (Lipinski definition) is 1. The highest BCUT2D eigenvalue weighted by molar-refractivity contribution is 8.16. The number of amidine groups is 3. The molecule has 0 aliphatic carbocycles. The molecule has 0 fully saturated rings. The van der Waals surface area contributed by atoms with Crippen molar-refractivity contribution in [3.05, 3.63) is 59.2 Å². The summed E-state index contributed by atoms with van der Waals surface area (Å²) in [6, 6.07) is 12.7. The number of carbonyl (C=O) groups is 1. The Kier molecular flexibility index (Phi) is 7.45. The van der Waals surface area contributed by atoms with Crippen molar-refractivity contribution in [1.29, 1.82) is 5.41 Å². The van der Waals surface area contributed by atoms with Gasteiger partial charge in [0.2, 0.25) is 20.2 Å². The Balaban J connectivity index is 1.48. The molecule has 0 spiro atoms. The average molecular weight is 529 g/mol. The van der Waals surface area contributed by atoms with Gasteiger partial charge in [0, 0.05) is 0 Å². The number of fused-ring (bicyclic) bond motifs is 1. The molecule has 0 unspecified atom stereocenters. The molecule has 1 amide bonds. The number of sulfone groups is 1. The van der Waals surface area contributed by atoms with Crippen LogP contribution in [0.25, 0.3) is 6.08 Å². The van der Waals surface area contributed by atoms with Gasteiger partial charge >= 0.3 is 0 Å². The first-order chi connectivity index (χ1) is 17.2. The molecular weight excluding hydrogens is 504 g/mol. The molecule has 1 N–H and O–H groups in total. The molecular formula is C24H24N4O6S2. The van der Waals surface area contributed by atoms with E-state index in [0.29, 0.717) is 23.7 Å². The molecule has 0 saturated heterocycles. The number of nitrogens with one attached hydrogen (secondary N) is 1. The zero-order valence-corrected chi connectivity index (χ0v) is 21.5. The summed E-state index contributed by atoms with van der Waals surface area (Å²) in [5.41, 5.74) is 1.63. The Labute approximate surface area is 213 Å². The maximum atomic E-state index is 12.6. The average Bonchev–Trinajstić information content (AvgIpc) is 3.30. The second-order valence-corrected chi connectivity index (χ2v) is 10.6. The van der Waals surface area contributed by atoms with Crippen molar-refractivity contribution in [3.8, 4) is 17.2 Å². The SMILES string of the molecule is CCS(=O)(=O)C1=NSC2=NC(=O)/C(=C\c3ccc(OCCOc4ccc(C)cc4)c(OC)c3)C(=N)N21. The highest BCUT2D eigenvalue weighted by Crippen LogP contribution is 2.32. The van der Waals surface area contributed by atoms with E-state index >= 15 is 0 Å². The molecule has 4 rings (SSSR count). The van der Waals surface area contributed by atoms with Crippen LogP contribution in [0.5, 0.6) is 17.2 Å². The van der Waals surface area contributed by atoms with Gasteiger partial charge in [-0.05, 0) is 42.8 Å². The van der Waals surface area contributed by atoms with Crippen LogP contribution < -0.4 is 14.2 Å². The fourth-order valence-corrected chi connectivity index (χ4v) is 5.30. The fraction of sp³-hybridized carbons (Fsp3) is 0.250. The lowest BCUT2D eigenvalue weighted by atomic mass is 10.1. The van der Waals surface area contributed by atoms with Crippen LogP contribution in [0.3, 0.4) is 0 Å². The molecule has 2 heterocycles. The standard InChI is InChI=1S/C24H24N4O6S2/c1-4-36(30,31)24-27-35-23-26-22(29)18(21(25)28(23)24)13-16-7-10-19(20(14-16)32-3)34-12-11-33-17-8-5-15(2)6-9-17/h5-10,13-14,25H,4,11-12H2,1-3H3/b18-13-,25-21?. The van der Waals surface area contributed by atoms with E-state index in [1.54, 1.807) is 18.2 Å². The van der Waals surface area contributed by atoms with Crippen LogP contribution in [-0.2, 0) is 14.6 Å². The van der Waals surface area contributed by atoms with E-state index in [4.69, 9.17) is 19.6 Å². The lowest BCUT2D eigenvalue weighted by Gasteiger charge is -2.24. The van der Waals surface area contributed by atoms with Crippen LogP contribution in [-0.4, -0.2) is 61.5 Å². The molecule has 188 valence electrons. The first-order valence-corrected chi connectivity index (χ1v) is 13.4. The Morgan fingerprint density at radius 3 is 2.50 bits per heavy atom. The molecule has 0 bridgehead atoms. The van der Waals surface area contributed by atoms with Gasteiger partial charge in [0.15, 0.2) is 11.5 Å². The third-order valence-electron chi connectivity index (χ3n) is 5.28. The summed E-state index contributed by atoms with van der Waals surface area (Å²) in [6.45, 7) is 4.11. The molecule has 36 heavy (non-hydrogen) atoms. The van der Waals surface area contributed by atoms with Gasteiger partial charge in [0.25, 0.3) is 5.91 Å². The third kappa shape index (κ3) is 5.29. The number of aryl methyl sites for hydroxylation is 1. The number of carbonyl (C=O) groups excluding carboxylic acids is 1. The lowest BCUT2D eigenvalue weighted by Crippen LogP contribution is -2.45. The Morgan fingerprint density at radius 2 is 1.81 bits per heavy atom. The highest BCUT2D eigenvalue weighted by atomic mass is 32.2. The molecule has 0 radical (unpaired) electrons. The van der Waals surface area contributed by atoms with Gasteiger partial charge in [-0.25, -0.2) is 13.3 Å². The van der Waals surface area contributed by atoms with Crippen molar-refractivity contribution in [2.24, 2.45) is 9.39 Å². The summed E-state index contributed by atoms with van der Waals surface area (Å²) >= 11 is 0.758. The monoisotopic (exact) mass is 528 g/mol. The Morgan fingerprint density at radius 1 is 1.08 bits per heavy atom. The normalized spacial score (nSPS) is 16.5. The van der Waals surface area contributed by atoms with Gasteiger partial charge in [0.05, 0.1) is 30.4 Å². The zero-order valence-electron chi connectivity index (χ0n) is 19.8. The van der Waals surface area contributed by atoms with Crippen LogP contribution >= 0.6 is 11.9 Å². The van der Waals surface area contributed by atoms with Crippen molar-refractivity contribution in [2.45, 2.75) is 13.8 Å². The van der Waals surface area contributed by atoms with Gasteiger partial charge in [-0.2, -0.15) is 9.39 Å². The number of aliphatic imine (C=N–C) groups is 1. The quantitative estimate of drug-likeness (QED) is 0.313. The summed E-state index contributed by atoms with van der Waals surface area (Å²) in [7, 11) is -2.22. The Hall–Kier alpha value is -3.64. The lowest BCUT2D eigenvalue weighted by molar-refractivity contribution is -0.114. The molecule has 2 aliphatic rings. The summed E-state index contributed by atoms with van der Waals surface area (Å²) in [5, 5.41) is 8.25. The first-order valence-electron chi connectivity index (χ1n) is 11.0. The van der Waals surface area contributed by atoms with E-state index in [2.05, 4.69) is 9.39 Å². The van der Waals surface area contributed by atoms with E-state index < -0.39 is 15.7 Å². The first kappa shape index (κ1) is 25.5. The minimum Gasteiger partial charge on any atom is -0.493 e. The van der Waals surface area contributed by atoms with Crippen molar-refractivity contribution in [1.82, 2.24) is 4.90 Å². The fourth-order valence-electron chi connectivity index (χ4n) is 3.33. The van der Waals surface area contributed by atoms with Crippen LogP contribution in [0.15, 0.2) is 57.4 Å². The third-order valence-corrected chi connectivity index (χ3v) is 7.69. The molecule has 0 atom stereocenters. The largest absolute Gasteiger partial charge is 0.493 e. The van der Waals surface area contributed by atoms with Crippen LogP contribution in [0.1, 0.15) is 18.1 Å². The zero-order chi connectivity index (χ0) is 25.9. The van der Waals surface area contributed by atoms with Gasteiger partial charge in [-0.1, -0.05) is 30.7 Å². The van der Waals surface area contributed by atoms with Gasteiger partial charge in [0.1, 0.15) is 24.8 Å². The summed E-state index contributed by atoms with van der Waals surface area (Å²) in [4.78, 5) is 17.6. The topological polar surface area (TPSA) is 131 Å². The van der Waals surface area contributed by atoms with Gasteiger partial charge in [-0.15, -0.1) is 0 Å². The second-order valence-electron chi connectivity index (χ2n) is 7.73. The number of benzene rings is 2. The van der Waals surface area contributed by atoms with E-state index in [9.17, 15) is 13.2 Å².